The van der Waals surface area contributed by atoms with Crippen molar-refractivity contribution in [2.75, 3.05) is 19.4 Å². The van der Waals surface area contributed by atoms with Crippen molar-refractivity contribution >= 4 is 17.7 Å². The van der Waals surface area contributed by atoms with E-state index in [2.05, 4.69) is 25.6 Å². The standard InChI is InChI=1S/C20H21F2N5O3S/c1-13-3-8-17(29-2)16(11-13)27-20(24-25-26-27)31-12-18(28)23-10-9-14-4-6-15(7-5-14)30-19(21)22/h3-8,11,19H,9-10,12H2,1-2H3,(H,23,28). The van der Waals surface area contributed by atoms with Crippen molar-refractivity contribution in [3.8, 4) is 17.2 Å². The molecule has 0 aliphatic heterocycles. The highest BCUT2D eigenvalue weighted by Gasteiger charge is 2.15. The summed E-state index contributed by atoms with van der Waals surface area (Å²) in [6, 6.07) is 12.0. The summed E-state index contributed by atoms with van der Waals surface area (Å²) < 4.78 is 35.6. The first-order chi connectivity index (χ1) is 15.0. The van der Waals surface area contributed by atoms with Crippen LogP contribution in [0.3, 0.4) is 0 Å². The van der Waals surface area contributed by atoms with Gasteiger partial charge in [0.1, 0.15) is 17.2 Å². The topological polar surface area (TPSA) is 91.2 Å². The molecule has 0 spiro atoms. The SMILES string of the molecule is COc1ccc(C)cc1-n1nnnc1SCC(=O)NCCc1ccc(OC(F)F)cc1. The van der Waals surface area contributed by atoms with E-state index in [1.165, 1.54) is 28.6 Å². The van der Waals surface area contributed by atoms with Gasteiger partial charge in [-0.2, -0.15) is 13.5 Å². The molecule has 0 saturated heterocycles. The molecule has 1 amide bonds. The Balaban J connectivity index is 1.50. The van der Waals surface area contributed by atoms with E-state index in [0.29, 0.717) is 29.6 Å². The van der Waals surface area contributed by atoms with Crippen LogP contribution in [0.1, 0.15) is 11.1 Å². The van der Waals surface area contributed by atoms with E-state index >= 15 is 0 Å². The van der Waals surface area contributed by atoms with E-state index in [0.717, 1.165) is 11.1 Å². The number of alkyl halides is 2. The molecule has 3 aromatic rings. The molecule has 3 rings (SSSR count). The van der Waals surface area contributed by atoms with Crippen molar-refractivity contribution in [3.05, 3.63) is 53.6 Å². The molecule has 0 aliphatic carbocycles. The lowest BCUT2D eigenvalue weighted by atomic mass is 10.1. The van der Waals surface area contributed by atoms with E-state index < -0.39 is 6.61 Å². The van der Waals surface area contributed by atoms with E-state index in [1.807, 2.05) is 25.1 Å². The Bertz CT molecular complexity index is 1010. The van der Waals surface area contributed by atoms with Crippen LogP contribution in [0, 0.1) is 6.92 Å². The first kappa shape index (κ1) is 22.5. The molecule has 0 unspecified atom stereocenters. The van der Waals surface area contributed by atoms with Crippen molar-refractivity contribution < 1.29 is 23.0 Å². The Labute approximate surface area is 181 Å². The third kappa shape index (κ3) is 6.38. The van der Waals surface area contributed by atoms with Gasteiger partial charge in [-0.1, -0.05) is 30.0 Å². The Kier molecular flexibility index (Phi) is 7.76. The quantitative estimate of drug-likeness (QED) is 0.476. The molecule has 0 atom stereocenters. The maximum atomic E-state index is 12.2. The normalized spacial score (nSPS) is 10.9. The van der Waals surface area contributed by atoms with Crippen LogP contribution in [0.15, 0.2) is 47.6 Å². The fraction of sp³-hybridized carbons (Fsp3) is 0.300. The lowest BCUT2D eigenvalue weighted by molar-refractivity contribution is -0.118. The summed E-state index contributed by atoms with van der Waals surface area (Å²) >= 11 is 1.21. The van der Waals surface area contributed by atoms with Gasteiger partial charge in [0.05, 0.1) is 12.9 Å². The highest BCUT2D eigenvalue weighted by Crippen LogP contribution is 2.26. The molecule has 0 radical (unpaired) electrons. The average Bonchev–Trinajstić information content (AvgIpc) is 3.21. The second-order valence-electron chi connectivity index (χ2n) is 6.46. The predicted octanol–water partition coefficient (Wildman–Crippen LogP) is 3.03. The summed E-state index contributed by atoms with van der Waals surface area (Å²) in [4.78, 5) is 12.2. The molecule has 1 N–H and O–H groups in total. The number of carbonyl (C=O) groups is 1. The van der Waals surface area contributed by atoms with Gasteiger partial charge in [0.15, 0.2) is 0 Å². The summed E-state index contributed by atoms with van der Waals surface area (Å²) in [5.74, 6) is 0.681. The number of nitrogens with zero attached hydrogens (tertiary/aromatic N) is 4. The number of nitrogens with one attached hydrogen (secondary N) is 1. The minimum atomic E-state index is -2.85. The maximum Gasteiger partial charge on any atom is 0.387 e. The van der Waals surface area contributed by atoms with Crippen LogP contribution in [0.25, 0.3) is 5.69 Å². The molecule has 0 aliphatic rings. The molecule has 2 aromatic carbocycles. The van der Waals surface area contributed by atoms with Crippen LogP contribution in [-0.2, 0) is 11.2 Å². The zero-order valence-corrected chi connectivity index (χ0v) is 17.7. The maximum absolute atomic E-state index is 12.2. The number of halogens is 2. The van der Waals surface area contributed by atoms with Crippen LogP contribution in [-0.4, -0.2) is 52.1 Å². The first-order valence-corrected chi connectivity index (χ1v) is 10.3. The number of carbonyl (C=O) groups excluding carboxylic acids is 1. The lowest BCUT2D eigenvalue weighted by Crippen LogP contribution is -2.27. The number of methoxy groups -OCH3 is 1. The summed E-state index contributed by atoms with van der Waals surface area (Å²) in [7, 11) is 1.57. The number of thioether (sulfide) groups is 1. The van der Waals surface area contributed by atoms with Gasteiger partial charge in [-0.15, -0.1) is 5.10 Å². The van der Waals surface area contributed by atoms with Crippen molar-refractivity contribution in [1.29, 1.82) is 0 Å². The van der Waals surface area contributed by atoms with Crippen molar-refractivity contribution in [3.63, 3.8) is 0 Å². The number of aromatic nitrogens is 4. The number of tetrazole rings is 1. The van der Waals surface area contributed by atoms with Crippen LogP contribution < -0.4 is 14.8 Å². The van der Waals surface area contributed by atoms with Gasteiger partial charge in [0, 0.05) is 6.54 Å². The summed E-state index contributed by atoms with van der Waals surface area (Å²) in [6.07, 6.45) is 0.559. The second-order valence-corrected chi connectivity index (χ2v) is 7.40. The molecule has 1 aromatic heterocycles. The Morgan fingerprint density at radius 1 is 1.23 bits per heavy atom. The van der Waals surface area contributed by atoms with Gasteiger partial charge in [0.25, 0.3) is 0 Å². The highest BCUT2D eigenvalue weighted by molar-refractivity contribution is 7.99. The van der Waals surface area contributed by atoms with E-state index in [4.69, 9.17) is 4.74 Å². The number of amides is 1. The van der Waals surface area contributed by atoms with E-state index in [1.54, 1.807) is 19.2 Å². The molecule has 1 heterocycles. The van der Waals surface area contributed by atoms with Crippen LogP contribution in [0.2, 0.25) is 0 Å². The Morgan fingerprint density at radius 2 is 2.00 bits per heavy atom. The average molecular weight is 449 g/mol. The minimum absolute atomic E-state index is 0.0992. The van der Waals surface area contributed by atoms with Gasteiger partial charge < -0.3 is 14.8 Å². The number of hydrogen-bond acceptors (Lipinski definition) is 7. The number of aryl methyl sites for hydroxylation is 1. The van der Waals surface area contributed by atoms with E-state index in [-0.39, 0.29) is 17.4 Å². The monoisotopic (exact) mass is 449 g/mol. The Morgan fingerprint density at radius 3 is 2.71 bits per heavy atom. The van der Waals surface area contributed by atoms with Gasteiger partial charge in [-0.05, 0) is 59.2 Å². The van der Waals surface area contributed by atoms with E-state index in [9.17, 15) is 13.6 Å². The molecule has 8 nitrogen and oxygen atoms in total. The van der Waals surface area contributed by atoms with Gasteiger partial charge in [0.2, 0.25) is 11.1 Å². The van der Waals surface area contributed by atoms with Crippen molar-refractivity contribution in [2.24, 2.45) is 0 Å². The van der Waals surface area contributed by atoms with Crippen LogP contribution >= 0.6 is 11.8 Å². The van der Waals surface area contributed by atoms with Gasteiger partial charge in [-0.3, -0.25) is 4.79 Å². The van der Waals surface area contributed by atoms with Gasteiger partial charge in [-0.25, -0.2) is 0 Å². The third-order valence-electron chi connectivity index (χ3n) is 4.22. The van der Waals surface area contributed by atoms with Crippen molar-refractivity contribution in [2.45, 2.75) is 25.1 Å². The van der Waals surface area contributed by atoms with Crippen molar-refractivity contribution in [1.82, 2.24) is 25.5 Å². The molecule has 31 heavy (non-hydrogen) atoms. The number of rotatable bonds is 10. The molecule has 11 heteroatoms. The first-order valence-electron chi connectivity index (χ1n) is 9.33. The molecule has 164 valence electrons. The lowest BCUT2D eigenvalue weighted by Gasteiger charge is -2.10. The number of benzene rings is 2. The minimum Gasteiger partial charge on any atom is -0.494 e. The zero-order valence-electron chi connectivity index (χ0n) is 16.9. The molecule has 0 saturated carbocycles. The largest absolute Gasteiger partial charge is 0.494 e. The molecular weight excluding hydrogens is 428 g/mol. The zero-order chi connectivity index (χ0) is 22.2. The van der Waals surface area contributed by atoms with Crippen LogP contribution in [0.5, 0.6) is 11.5 Å². The number of ether oxygens (including phenoxy) is 2. The smallest absolute Gasteiger partial charge is 0.387 e. The predicted molar refractivity (Wildman–Crippen MR) is 111 cm³/mol. The third-order valence-corrected chi connectivity index (χ3v) is 5.14. The Hall–Kier alpha value is -3.21. The molecule has 0 bridgehead atoms. The van der Waals surface area contributed by atoms with Gasteiger partial charge >= 0.3 is 6.61 Å². The fourth-order valence-corrected chi connectivity index (χ4v) is 3.46. The number of hydrogen-bond donors (Lipinski definition) is 1. The fourth-order valence-electron chi connectivity index (χ4n) is 2.75. The summed E-state index contributed by atoms with van der Waals surface area (Å²) in [5, 5.41) is 15.0. The van der Waals surface area contributed by atoms with Crippen LogP contribution in [0.4, 0.5) is 8.78 Å². The molecule has 0 fully saturated rings. The summed E-state index contributed by atoms with van der Waals surface area (Å²) in [5.41, 5.74) is 2.61. The highest BCUT2D eigenvalue weighted by atomic mass is 32.2. The molecular formula is C20H21F2N5O3S. The summed E-state index contributed by atoms with van der Waals surface area (Å²) in [6.45, 7) is -0.492. The second kappa shape index (κ2) is 10.7.